The van der Waals surface area contributed by atoms with Crippen LogP contribution in [-0.2, 0) is 4.79 Å². The van der Waals surface area contributed by atoms with Gasteiger partial charge in [-0.2, -0.15) is 0 Å². The van der Waals surface area contributed by atoms with E-state index in [1.807, 2.05) is 13.8 Å². The molecular formula is C11H23N3O. The molecule has 4 nitrogen and oxygen atoms in total. The Morgan fingerprint density at radius 3 is 2.73 bits per heavy atom. The van der Waals surface area contributed by atoms with Gasteiger partial charge >= 0.3 is 0 Å². The molecule has 0 spiro atoms. The first kappa shape index (κ1) is 12.5. The average Bonchev–Trinajstić information content (AvgIpc) is 2.59. The molecule has 0 bridgehead atoms. The van der Waals surface area contributed by atoms with Gasteiger partial charge in [0, 0.05) is 13.1 Å². The topological polar surface area (TPSA) is 58.4 Å². The lowest BCUT2D eigenvalue weighted by atomic mass is 10.0. The van der Waals surface area contributed by atoms with Crippen LogP contribution in [-0.4, -0.2) is 43.5 Å². The number of likely N-dealkylation sites (tertiary alicyclic amines) is 1. The van der Waals surface area contributed by atoms with Gasteiger partial charge in [0.15, 0.2) is 0 Å². The average molecular weight is 213 g/mol. The van der Waals surface area contributed by atoms with Crippen LogP contribution in [0.4, 0.5) is 0 Å². The molecule has 15 heavy (non-hydrogen) atoms. The van der Waals surface area contributed by atoms with Crippen molar-refractivity contribution in [2.45, 2.75) is 26.3 Å². The first-order valence-electron chi connectivity index (χ1n) is 5.72. The second-order valence-electron chi connectivity index (χ2n) is 4.93. The summed E-state index contributed by atoms with van der Waals surface area (Å²) >= 11 is 0. The maximum absolute atomic E-state index is 11.6. The van der Waals surface area contributed by atoms with Crippen LogP contribution in [0.15, 0.2) is 0 Å². The lowest BCUT2D eigenvalue weighted by Gasteiger charge is -2.17. The molecule has 3 N–H and O–H groups in total. The third kappa shape index (κ3) is 3.80. The van der Waals surface area contributed by atoms with E-state index in [0.29, 0.717) is 5.92 Å². The Bertz CT molecular complexity index is 218. The molecule has 1 amide bonds. The molecule has 4 heteroatoms. The normalized spacial score (nSPS) is 24.5. The zero-order valence-corrected chi connectivity index (χ0v) is 9.99. The zero-order valence-electron chi connectivity index (χ0n) is 9.99. The van der Waals surface area contributed by atoms with Crippen molar-refractivity contribution in [1.82, 2.24) is 10.2 Å². The SMILES string of the molecule is CC(C)[C@@H](N)C(=O)NCC1CCN(C)C1. The fourth-order valence-electron chi connectivity index (χ4n) is 1.86. The third-order valence-electron chi connectivity index (χ3n) is 3.07. The molecule has 1 aliphatic rings. The molecule has 0 saturated carbocycles. The number of carbonyl (C=O) groups is 1. The van der Waals surface area contributed by atoms with E-state index in [1.54, 1.807) is 0 Å². The van der Waals surface area contributed by atoms with Crippen molar-refractivity contribution in [2.24, 2.45) is 17.6 Å². The first-order valence-corrected chi connectivity index (χ1v) is 5.72. The van der Waals surface area contributed by atoms with E-state index in [1.165, 1.54) is 6.42 Å². The molecule has 0 aromatic rings. The minimum absolute atomic E-state index is 0.0143. The summed E-state index contributed by atoms with van der Waals surface area (Å²) in [6, 6.07) is -0.371. The summed E-state index contributed by atoms with van der Waals surface area (Å²) in [5, 5.41) is 2.94. The molecule has 88 valence electrons. The predicted octanol–water partition coefficient (Wildman–Crippen LogP) is 0.0376. The van der Waals surface area contributed by atoms with Crippen LogP contribution in [0.2, 0.25) is 0 Å². The largest absolute Gasteiger partial charge is 0.354 e. The molecule has 2 atom stereocenters. The van der Waals surface area contributed by atoms with Gasteiger partial charge < -0.3 is 16.0 Å². The highest BCUT2D eigenvalue weighted by atomic mass is 16.2. The molecule has 1 rings (SSSR count). The smallest absolute Gasteiger partial charge is 0.237 e. The zero-order chi connectivity index (χ0) is 11.4. The van der Waals surface area contributed by atoms with Crippen LogP contribution in [0.3, 0.4) is 0 Å². The molecule has 0 aromatic heterocycles. The number of nitrogens with one attached hydrogen (secondary N) is 1. The summed E-state index contributed by atoms with van der Waals surface area (Å²) in [4.78, 5) is 13.9. The summed E-state index contributed by atoms with van der Waals surface area (Å²) in [6.07, 6.45) is 1.17. The lowest BCUT2D eigenvalue weighted by molar-refractivity contribution is -0.123. The van der Waals surface area contributed by atoms with Crippen molar-refractivity contribution in [2.75, 3.05) is 26.7 Å². The summed E-state index contributed by atoms with van der Waals surface area (Å²) in [5.41, 5.74) is 5.75. The summed E-state index contributed by atoms with van der Waals surface area (Å²) in [5.74, 6) is 0.786. The number of nitrogens with zero attached hydrogens (tertiary/aromatic N) is 1. The van der Waals surface area contributed by atoms with Gasteiger partial charge in [-0.05, 0) is 31.8 Å². The fourth-order valence-corrected chi connectivity index (χ4v) is 1.86. The maximum Gasteiger partial charge on any atom is 0.237 e. The third-order valence-corrected chi connectivity index (χ3v) is 3.07. The van der Waals surface area contributed by atoms with Gasteiger partial charge in [-0.1, -0.05) is 13.8 Å². The Balaban J connectivity index is 2.22. The summed E-state index contributed by atoms with van der Waals surface area (Å²) in [6.45, 7) is 6.92. The number of hydrogen-bond acceptors (Lipinski definition) is 3. The number of rotatable bonds is 4. The highest BCUT2D eigenvalue weighted by Gasteiger charge is 2.22. The van der Waals surface area contributed by atoms with E-state index in [4.69, 9.17) is 5.73 Å². The van der Waals surface area contributed by atoms with E-state index in [-0.39, 0.29) is 17.9 Å². The molecule has 1 saturated heterocycles. The van der Waals surface area contributed by atoms with Crippen LogP contribution in [0, 0.1) is 11.8 Å². The van der Waals surface area contributed by atoms with Gasteiger partial charge in [-0.3, -0.25) is 4.79 Å². The number of nitrogens with two attached hydrogens (primary N) is 1. The van der Waals surface area contributed by atoms with E-state index >= 15 is 0 Å². The monoisotopic (exact) mass is 213 g/mol. The molecule has 1 heterocycles. The molecule has 0 aliphatic carbocycles. The molecule has 1 unspecified atom stereocenters. The van der Waals surface area contributed by atoms with Crippen LogP contribution < -0.4 is 11.1 Å². The van der Waals surface area contributed by atoms with E-state index in [0.717, 1.165) is 19.6 Å². The predicted molar refractivity (Wildman–Crippen MR) is 61.4 cm³/mol. The van der Waals surface area contributed by atoms with Crippen molar-refractivity contribution in [3.05, 3.63) is 0 Å². The molecule has 0 radical (unpaired) electrons. The Morgan fingerprint density at radius 2 is 2.27 bits per heavy atom. The minimum atomic E-state index is -0.371. The summed E-state index contributed by atoms with van der Waals surface area (Å²) < 4.78 is 0. The van der Waals surface area contributed by atoms with Gasteiger partial charge in [0.2, 0.25) is 5.91 Å². The first-order chi connectivity index (χ1) is 7.00. The van der Waals surface area contributed by atoms with Crippen LogP contribution in [0.5, 0.6) is 0 Å². The summed E-state index contributed by atoms with van der Waals surface area (Å²) in [7, 11) is 2.11. The molecule has 1 aliphatic heterocycles. The van der Waals surface area contributed by atoms with Crippen molar-refractivity contribution in [3.63, 3.8) is 0 Å². The Hall–Kier alpha value is -0.610. The molecular weight excluding hydrogens is 190 g/mol. The standard InChI is InChI=1S/C11H23N3O/c1-8(2)10(12)11(15)13-6-9-4-5-14(3)7-9/h8-10H,4-7,12H2,1-3H3,(H,13,15)/t9?,10-/m1/s1. The lowest BCUT2D eigenvalue weighted by Crippen LogP contribution is -2.45. The molecule has 1 fully saturated rings. The van der Waals surface area contributed by atoms with Crippen LogP contribution >= 0.6 is 0 Å². The van der Waals surface area contributed by atoms with Crippen molar-refractivity contribution in [1.29, 1.82) is 0 Å². The maximum atomic E-state index is 11.6. The Morgan fingerprint density at radius 1 is 1.60 bits per heavy atom. The van der Waals surface area contributed by atoms with Gasteiger partial charge in [0.1, 0.15) is 0 Å². The number of hydrogen-bond donors (Lipinski definition) is 2. The van der Waals surface area contributed by atoms with Crippen LogP contribution in [0.1, 0.15) is 20.3 Å². The van der Waals surface area contributed by atoms with Gasteiger partial charge in [-0.15, -0.1) is 0 Å². The van der Waals surface area contributed by atoms with Gasteiger partial charge in [0.25, 0.3) is 0 Å². The fraction of sp³-hybridized carbons (Fsp3) is 0.909. The second kappa shape index (κ2) is 5.47. The van der Waals surface area contributed by atoms with Gasteiger partial charge in [0.05, 0.1) is 6.04 Å². The number of carbonyl (C=O) groups excluding carboxylic acids is 1. The minimum Gasteiger partial charge on any atom is -0.354 e. The van der Waals surface area contributed by atoms with Crippen LogP contribution in [0.25, 0.3) is 0 Å². The van der Waals surface area contributed by atoms with E-state index in [9.17, 15) is 4.79 Å². The highest BCUT2D eigenvalue weighted by molar-refractivity contribution is 5.81. The van der Waals surface area contributed by atoms with E-state index < -0.39 is 0 Å². The van der Waals surface area contributed by atoms with E-state index in [2.05, 4.69) is 17.3 Å². The van der Waals surface area contributed by atoms with Gasteiger partial charge in [-0.25, -0.2) is 0 Å². The Kier molecular flexibility index (Phi) is 4.54. The quantitative estimate of drug-likeness (QED) is 0.693. The highest BCUT2D eigenvalue weighted by Crippen LogP contribution is 2.12. The number of amides is 1. The van der Waals surface area contributed by atoms with Crippen molar-refractivity contribution >= 4 is 5.91 Å². The second-order valence-corrected chi connectivity index (χ2v) is 4.93. The van der Waals surface area contributed by atoms with Crippen molar-refractivity contribution in [3.8, 4) is 0 Å². The Labute approximate surface area is 92.2 Å². The van der Waals surface area contributed by atoms with Crippen molar-refractivity contribution < 1.29 is 4.79 Å². The molecule has 0 aromatic carbocycles.